The van der Waals surface area contributed by atoms with E-state index in [1.54, 1.807) is 20.8 Å². The monoisotopic (exact) mass is 407 g/mol. The lowest BCUT2D eigenvalue weighted by Crippen LogP contribution is -2.45. The summed E-state index contributed by atoms with van der Waals surface area (Å²) < 4.78 is 10.9. The van der Waals surface area contributed by atoms with E-state index in [9.17, 15) is 14.7 Å². The summed E-state index contributed by atoms with van der Waals surface area (Å²) in [7, 11) is 2.13. The number of aliphatic carboxylic acids is 1. The second-order valence-corrected chi connectivity index (χ2v) is 8.38. The Hall–Kier alpha value is -2.32. The smallest absolute Gasteiger partial charge is 0.408 e. The first-order valence-corrected chi connectivity index (χ1v) is 9.97. The van der Waals surface area contributed by atoms with Crippen LogP contribution in [-0.4, -0.2) is 85.0 Å². The number of likely N-dealkylation sites (N-methyl/N-ethyl adjacent to an activating group) is 1. The van der Waals surface area contributed by atoms with Gasteiger partial charge in [-0.15, -0.1) is 0 Å². The third-order valence-corrected chi connectivity index (χ3v) is 4.62. The van der Waals surface area contributed by atoms with Crippen molar-refractivity contribution in [2.45, 2.75) is 38.8 Å². The molecule has 0 spiro atoms. The van der Waals surface area contributed by atoms with E-state index in [-0.39, 0.29) is 6.42 Å². The lowest BCUT2D eigenvalue weighted by Gasteiger charge is -2.32. The van der Waals surface area contributed by atoms with Crippen molar-refractivity contribution in [2.24, 2.45) is 0 Å². The standard InChI is InChI=1S/C21H33N3O5/c1-21(2,3)29-20(27)22-18(19(25)26)15-16-5-7-17(8-6-16)28-14-13-24-11-9-23(4)10-12-24/h5-8,18H,9-15H2,1-4H3,(H,22,27)(H,25,26). The number of ether oxygens (including phenoxy) is 2. The van der Waals surface area contributed by atoms with Gasteiger partial charge in [-0.3, -0.25) is 4.90 Å². The molecule has 1 aliphatic heterocycles. The highest BCUT2D eigenvalue weighted by Gasteiger charge is 2.24. The number of piperazine rings is 1. The van der Waals surface area contributed by atoms with E-state index >= 15 is 0 Å². The predicted octanol–water partition coefficient (Wildman–Crippen LogP) is 1.83. The number of carboxylic acid groups (broad SMARTS) is 1. The fourth-order valence-corrected chi connectivity index (χ4v) is 2.97. The molecule has 2 N–H and O–H groups in total. The van der Waals surface area contributed by atoms with Crippen molar-refractivity contribution < 1.29 is 24.2 Å². The first-order valence-electron chi connectivity index (χ1n) is 9.97. The molecule has 162 valence electrons. The van der Waals surface area contributed by atoms with Gasteiger partial charge in [0.05, 0.1) is 0 Å². The van der Waals surface area contributed by atoms with Crippen molar-refractivity contribution in [3.05, 3.63) is 29.8 Å². The van der Waals surface area contributed by atoms with Crippen LogP contribution < -0.4 is 10.1 Å². The van der Waals surface area contributed by atoms with Gasteiger partial charge in [0.1, 0.15) is 24.0 Å². The van der Waals surface area contributed by atoms with Crippen molar-refractivity contribution in [3.8, 4) is 5.75 Å². The Morgan fingerprint density at radius 2 is 1.76 bits per heavy atom. The van der Waals surface area contributed by atoms with Crippen molar-refractivity contribution in [1.29, 1.82) is 0 Å². The molecular weight excluding hydrogens is 374 g/mol. The Balaban J connectivity index is 1.80. The summed E-state index contributed by atoms with van der Waals surface area (Å²) in [5.41, 5.74) is 0.107. The number of hydrogen-bond acceptors (Lipinski definition) is 6. The summed E-state index contributed by atoms with van der Waals surface area (Å²) in [6.07, 6.45) is -0.579. The largest absolute Gasteiger partial charge is 0.492 e. The molecule has 29 heavy (non-hydrogen) atoms. The van der Waals surface area contributed by atoms with Crippen LogP contribution in [0.1, 0.15) is 26.3 Å². The molecule has 0 saturated carbocycles. The normalized spacial score (nSPS) is 16.8. The van der Waals surface area contributed by atoms with Crippen LogP contribution >= 0.6 is 0 Å². The molecule has 8 heteroatoms. The minimum absolute atomic E-state index is 0.163. The van der Waals surface area contributed by atoms with Gasteiger partial charge >= 0.3 is 12.1 Å². The fraction of sp³-hybridized carbons (Fsp3) is 0.619. The zero-order valence-corrected chi connectivity index (χ0v) is 17.8. The first kappa shape index (κ1) is 23.0. The molecule has 1 amide bonds. The number of carbonyl (C=O) groups is 2. The van der Waals surface area contributed by atoms with Gasteiger partial charge in [-0.2, -0.15) is 0 Å². The van der Waals surface area contributed by atoms with Crippen LogP contribution in [0, 0.1) is 0 Å². The minimum Gasteiger partial charge on any atom is -0.492 e. The van der Waals surface area contributed by atoms with E-state index in [1.165, 1.54) is 0 Å². The topological polar surface area (TPSA) is 91.3 Å². The van der Waals surface area contributed by atoms with Crippen LogP contribution in [0.15, 0.2) is 24.3 Å². The number of carbonyl (C=O) groups excluding carboxylic acids is 1. The van der Waals surface area contributed by atoms with E-state index in [0.717, 1.165) is 44.0 Å². The average molecular weight is 408 g/mol. The highest BCUT2D eigenvalue weighted by molar-refractivity contribution is 5.80. The predicted molar refractivity (Wildman–Crippen MR) is 110 cm³/mol. The zero-order chi connectivity index (χ0) is 21.4. The number of benzene rings is 1. The Labute approximate surface area is 172 Å². The van der Waals surface area contributed by atoms with E-state index in [0.29, 0.717) is 6.61 Å². The molecule has 1 atom stereocenters. The number of alkyl carbamates (subject to hydrolysis) is 1. The van der Waals surface area contributed by atoms with Gasteiger partial charge in [0, 0.05) is 39.1 Å². The molecule has 0 aliphatic carbocycles. The molecule has 8 nitrogen and oxygen atoms in total. The lowest BCUT2D eigenvalue weighted by atomic mass is 10.1. The van der Waals surface area contributed by atoms with Gasteiger partial charge in [0.2, 0.25) is 0 Å². The second-order valence-electron chi connectivity index (χ2n) is 8.38. The molecule has 1 aromatic rings. The number of nitrogens with zero attached hydrogens (tertiary/aromatic N) is 2. The van der Waals surface area contributed by atoms with Crippen LogP contribution in [0.4, 0.5) is 4.79 Å². The number of amides is 1. The molecule has 0 radical (unpaired) electrons. The number of hydrogen-bond donors (Lipinski definition) is 2. The molecule has 2 rings (SSSR count). The van der Waals surface area contributed by atoms with E-state index in [4.69, 9.17) is 9.47 Å². The molecule has 0 aromatic heterocycles. The highest BCUT2D eigenvalue weighted by atomic mass is 16.6. The SMILES string of the molecule is CN1CCN(CCOc2ccc(CC(NC(=O)OC(C)(C)C)C(=O)O)cc2)CC1. The molecule has 1 aromatic carbocycles. The third-order valence-electron chi connectivity index (χ3n) is 4.62. The van der Waals surface area contributed by atoms with Gasteiger partial charge in [0.15, 0.2) is 0 Å². The van der Waals surface area contributed by atoms with E-state index in [1.807, 2.05) is 24.3 Å². The Morgan fingerprint density at radius 1 is 1.14 bits per heavy atom. The number of carboxylic acids is 1. The third kappa shape index (κ3) is 8.70. The number of rotatable bonds is 8. The molecular formula is C21H33N3O5. The van der Waals surface area contributed by atoms with Gasteiger partial charge in [0.25, 0.3) is 0 Å². The fourth-order valence-electron chi connectivity index (χ4n) is 2.97. The quantitative estimate of drug-likeness (QED) is 0.679. The zero-order valence-electron chi connectivity index (χ0n) is 17.8. The average Bonchev–Trinajstić information content (AvgIpc) is 2.62. The summed E-state index contributed by atoms with van der Waals surface area (Å²) in [6.45, 7) is 10.9. The summed E-state index contributed by atoms with van der Waals surface area (Å²) in [4.78, 5) is 28.0. The molecule has 1 heterocycles. The van der Waals surface area contributed by atoms with E-state index in [2.05, 4.69) is 22.2 Å². The van der Waals surface area contributed by atoms with Crippen molar-refractivity contribution in [2.75, 3.05) is 46.4 Å². The van der Waals surface area contributed by atoms with Crippen molar-refractivity contribution in [3.63, 3.8) is 0 Å². The van der Waals surface area contributed by atoms with Crippen LogP contribution in [-0.2, 0) is 16.0 Å². The second kappa shape index (κ2) is 10.5. The van der Waals surface area contributed by atoms with Crippen LogP contribution in [0.5, 0.6) is 5.75 Å². The summed E-state index contributed by atoms with van der Waals surface area (Å²) in [6, 6.07) is 6.22. The van der Waals surface area contributed by atoms with Gasteiger partial charge in [-0.1, -0.05) is 12.1 Å². The maximum Gasteiger partial charge on any atom is 0.408 e. The molecule has 1 aliphatic rings. The van der Waals surface area contributed by atoms with Gasteiger partial charge in [-0.05, 0) is 45.5 Å². The van der Waals surface area contributed by atoms with Crippen LogP contribution in [0.3, 0.4) is 0 Å². The summed E-state index contributed by atoms with van der Waals surface area (Å²) in [5, 5.41) is 11.8. The van der Waals surface area contributed by atoms with E-state index < -0.39 is 23.7 Å². The Kier molecular flexibility index (Phi) is 8.28. The summed E-state index contributed by atoms with van der Waals surface area (Å²) in [5.74, 6) is -0.363. The van der Waals surface area contributed by atoms with Crippen molar-refractivity contribution >= 4 is 12.1 Å². The molecule has 1 saturated heterocycles. The minimum atomic E-state index is -1.11. The molecule has 1 unspecified atom stereocenters. The maximum atomic E-state index is 11.9. The van der Waals surface area contributed by atoms with Gasteiger partial charge in [-0.25, -0.2) is 9.59 Å². The maximum absolute atomic E-state index is 11.9. The molecule has 0 bridgehead atoms. The molecule has 1 fully saturated rings. The first-order chi connectivity index (χ1) is 13.6. The lowest BCUT2D eigenvalue weighted by molar-refractivity contribution is -0.139. The summed E-state index contributed by atoms with van der Waals surface area (Å²) >= 11 is 0. The highest BCUT2D eigenvalue weighted by Crippen LogP contribution is 2.14. The Bertz CT molecular complexity index is 664. The van der Waals surface area contributed by atoms with Crippen LogP contribution in [0.25, 0.3) is 0 Å². The van der Waals surface area contributed by atoms with Gasteiger partial charge < -0.3 is 24.8 Å². The number of nitrogens with one attached hydrogen (secondary N) is 1. The Morgan fingerprint density at radius 3 is 2.31 bits per heavy atom. The van der Waals surface area contributed by atoms with Crippen LogP contribution in [0.2, 0.25) is 0 Å². The van der Waals surface area contributed by atoms with Crippen molar-refractivity contribution in [1.82, 2.24) is 15.1 Å².